The second-order valence-electron chi connectivity index (χ2n) is 5.08. The summed E-state index contributed by atoms with van der Waals surface area (Å²) in [5, 5.41) is 8.05. The Hall–Kier alpha value is -2.37. The van der Waals surface area contributed by atoms with E-state index in [4.69, 9.17) is 0 Å². The van der Waals surface area contributed by atoms with Crippen LogP contribution in [0, 0.1) is 5.92 Å². The van der Waals surface area contributed by atoms with Gasteiger partial charge in [0.25, 0.3) is 0 Å². The highest BCUT2D eigenvalue weighted by Crippen LogP contribution is 2.28. The molecule has 3 amide bonds. The van der Waals surface area contributed by atoms with Gasteiger partial charge in [0.1, 0.15) is 0 Å². The molecule has 21 heavy (non-hydrogen) atoms. The maximum atomic E-state index is 11.7. The van der Waals surface area contributed by atoms with Crippen LogP contribution in [0.5, 0.6) is 0 Å². The normalized spacial score (nSPS) is 13.4. The van der Waals surface area contributed by atoms with Crippen molar-refractivity contribution in [2.45, 2.75) is 19.8 Å². The molecule has 6 heteroatoms. The first-order chi connectivity index (χ1) is 10.1. The lowest BCUT2D eigenvalue weighted by molar-refractivity contribution is -0.122. The van der Waals surface area contributed by atoms with Gasteiger partial charge in [-0.15, -0.1) is 0 Å². The number of amides is 3. The third-order valence-electron chi connectivity index (χ3n) is 3.18. The topological polar surface area (TPSA) is 87.3 Å². The van der Waals surface area contributed by atoms with Crippen molar-refractivity contribution in [3.8, 4) is 0 Å². The zero-order valence-corrected chi connectivity index (χ0v) is 11.9. The monoisotopic (exact) mass is 289 g/mol. The van der Waals surface area contributed by atoms with Crippen LogP contribution in [0.25, 0.3) is 0 Å². The summed E-state index contributed by atoms with van der Waals surface area (Å²) in [7, 11) is 0. The van der Waals surface area contributed by atoms with Gasteiger partial charge in [-0.1, -0.05) is 12.1 Å². The Morgan fingerprint density at radius 3 is 2.52 bits per heavy atom. The largest absolute Gasteiger partial charge is 0.354 e. The Morgan fingerprint density at radius 2 is 1.86 bits per heavy atom. The highest BCUT2D eigenvalue weighted by atomic mass is 16.2. The van der Waals surface area contributed by atoms with Gasteiger partial charge in [0.15, 0.2) is 5.78 Å². The van der Waals surface area contributed by atoms with Gasteiger partial charge >= 0.3 is 6.03 Å². The van der Waals surface area contributed by atoms with Crippen LogP contribution in [0.15, 0.2) is 24.3 Å². The molecule has 112 valence electrons. The number of anilines is 1. The van der Waals surface area contributed by atoms with E-state index in [1.54, 1.807) is 24.3 Å². The molecule has 0 unspecified atom stereocenters. The van der Waals surface area contributed by atoms with E-state index in [9.17, 15) is 14.4 Å². The van der Waals surface area contributed by atoms with Crippen LogP contribution in [0.1, 0.15) is 30.1 Å². The summed E-state index contributed by atoms with van der Waals surface area (Å²) in [6, 6.07) is 6.37. The molecule has 0 aromatic heterocycles. The number of carbonyl (C=O) groups excluding carboxylic acids is 3. The van der Waals surface area contributed by atoms with Crippen molar-refractivity contribution < 1.29 is 14.4 Å². The lowest BCUT2D eigenvalue weighted by Crippen LogP contribution is -2.37. The van der Waals surface area contributed by atoms with E-state index in [-0.39, 0.29) is 23.6 Å². The summed E-state index contributed by atoms with van der Waals surface area (Å²) in [5.74, 6) is 0.182. The molecule has 1 aliphatic rings. The van der Waals surface area contributed by atoms with E-state index in [0.717, 1.165) is 12.8 Å². The standard InChI is InChI=1S/C15H19N3O3/c1-10(19)12-3-2-4-13(9-12)18-15(21)17-8-7-16-14(20)11-5-6-11/h2-4,9,11H,5-8H2,1H3,(H,16,20)(H2,17,18,21). The number of ketones is 1. The van der Waals surface area contributed by atoms with Crippen molar-refractivity contribution in [2.75, 3.05) is 18.4 Å². The molecule has 0 heterocycles. The van der Waals surface area contributed by atoms with E-state index < -0.39 is 0 Å². The number of nitrogens with one attached hydrogen (secondary N) is 3. The minimum absolute atomic E-state index is 0.0538. The smallest absolute Gasteiger partial charge is 0.319 e. The van der Waals surface area contributed by atoms with Crippen LogP contribution < -0.4 is 16.0 Å². The average molecular weight is 289 g/mol. The van der Waals surface area contributed by atoms with Gasteiger partial charge in [-0.05, 0) is 31.9 Å². The van der Waals surface area contributed by atoms with E-state index in [0.29, 0.717) is 24.3 Å². The van der Waals surface area contributed by atoms with Crippen LogP contribution in [-0.2, 0) is 4.79 Å². The molecule has 2 rings (SSSR count). The first kappa shape index (κ1) is 15.0. The minimum atomic E-state index is -0.364. The molecule has 0 saturated heterocycles. The van der Waals surface area contributed by atoms with Crippen LogP contribution in [-0.4, -0.2) is 30.8 Å². The Kier molecular flexibility index (Phi) is 4.92. The summed E-state index contributed by atoms with van der Waals surface area (Å²) in [6.45, 7) is 2.24. The molecule has 0 atom stereocenters. The molecule has 3 N–H and O–H groups in total. The highest BCUT2D eigenvalue weighted by Gasteiger charge is 2.28. The lowest BCUT2D eigenvalue weighted by atomic mass is 10.1. The van der Waals surface area contributed by atoms with E-state index in [1.807, 2.05) is 0 Å². The molecule has 0 aliphatic heterocycles. The van der Waals surface area contributed by atoms with E-state index in [2.05, 4.69) is 16.0 Å². The predicted molar refractivity (Wildman–Crippen MR) is 79.2 cm³/mol. The van der Waals surface area contributed by atoms with Crippen LogP contribution in [0.3, 0.4) is 0 Å². The molecule has 6 nitrogen and oxygen atoms in total. The van der Waals surface area contributed by atoms with E-state index >= 15 is 0 Å². The molecule has 0 radical (unpaired) electrons. The first-order valence-corrected chi connectivity index (χ1v) is 7.00. The lowest BCUT2D eigenvalue weighted by Gasteiger charge is -2.09. The Labute approximate surface area is 123 Å². The summed E-state index contributed by atoms with van der Waals surface area (Å²) < 4.78 is 0. The van der Waals surface area contributed by atoms with Gasteiger partial charge in [-0.3, -0.25) is 9.59 Å². The molecule has 1 saturated carbocycles. The summed E-state index contributed by atoms with van der Waals surface area (Å²) in [6.07, 6.45) is 1.93. The Balaban J connectivity index is 1.70. The number of carbonyl (C=O) groups is 3. The van der Waals surface area contributed by atoms with Gasteiger partial charge in [-0.2, -0.15) is 0 Å². The number of benzene rings is 1. The molecule has 1 aliphatic carbocycles. The minimum Gasteiger partial charge on any atom is -0.354 e. The molecule has 1 aromatic carbocycles. The zero-order chi connectivity index (χ0) is 15.2. The third-order valence-corrected chi connectivity index (χ3v) is 3.18. The predicted octanol–water partition coefficient (Wildman–Crippen LogP) is 1.54. The van der Waals surface area contributed by atoms with Crippen molar-refractivity contribution in [1.82, 2.24) is 10.6 Å². The second kappa shape index (κ2) is 6.88. The fraction of sp³-hybridized carbons (Fsp3) is 0.400. The third kappa shape index (κ3) is 4.91. The van der Waals surface area contributed by atoms with Gasteiger partial charge in [0, 0.05) is 30.3 Å². The van der Waals surface area contributed by atoms with Gasteiger partial charge in [0.2, 0.25) is 5.91 Å². The second-order valence-corrected chi connectivity index (χ2v) is 5.08. The zero-order valence-electron chi connectivity index (χ0n) is 11.9. The molecule has 0 spiro atoms. The average Bonchev–Trinajstić information content (AvgIpc) is 3.28. The SMILES string of the molecule is CC(=O)c1cccc(NC(=O)NCCNC(=O)C2CC2)c1. The molecule has 0 bridgehead atoms. The molecular formula is C15H19N3O3. The summed E-state index contributed by atoms with van der Waals surface area (Å²) in [4.78, 5) is 34.3. The van der Waals surface area contributed by atoms with Crippen LogP contribution >= 0.6 is 0 Å². The van der Waals surface area contributed by atoms with Crippen LogP contribution in [0.4, 0.5) is 10.5 Å². The molecular weight excluding hydrogens is 270 g/mol. The van der Waals surface area contributed by atoms with Gasteiger partial charge in [-0.25, -0.2) is 4.79 Å². The number of rotatable bonds is 6. The Morgan fingerprint density at radius 1 is 1.14 bits per heavy atom. The molecule has 1 fully saturated rings. The highest BCUT2D eigenvalue weighted by molar-refractivity contribution is 5.96. The molecule has 1 aromatic rings. The number of hydrogen-bond acceptors (Lipinski definition) is 3. The number of hydrogen-bond donors (Lipinski definition) is 3. The maximum Gasteiger partial charge on any atom is 0.319 e. The van der Waals surface area contributed by atoms with Gasteiger partial charge < -0.3 is 16.0 Å². The summed E-state index contributed by atoms with van der Waals surface area (Å²) in [5.41, 5.74) is 1.10. The Bertz CT molecular complexity index is 553. The van der Waals surface area contributed by atoms with Crippen molar-refractivity contribution in [3.05, 3.63) is 29.8 Å². The fourth-order valence-electron chi connectivity index (χ4n) is 1.84. The number of Topliss-reactive ketones (excluding diaryl/α,β-unsaturated/α-hetero) is 1. The van der Waals surface area contributed by atoms with Crippen molar-refractivity contribution in [1.29, 1.82) is 0 Å². The van der Waals surface area contributed by atoms with Crippen LogP contribution in [0.2, 0.25) is 0 Å². The quantitative estimate of drug-likeness (QED) is 0.548. The van der Waals surface area contributed by atoms with Crippen molar-refractivity contribution in [3.63, 3.8) is 0 Å². The van der Waals surface area contributed by atoms with E-state index in [1.165, 1.54) is 6.92 Å². The van der Waals surface area contributed by atoms with Crippen molar-refractivity contribution >= 4 is 23.4 Å². The van der Waals surface area contributed by atoms with Gasteiger partial charge in [0.05, 0.1) is 0 Å². The number of urea groups is 1. The summed E-state index contributed by atoms with van der Waals surface area (Å²) >= 11 is 0. The maximum absolute atomic E-state index is 11.7. The first-order valence-electron chi connectivity index (χ1n) is 7.00. The van der Waals surface area contributed by atoms with Crippen molar-refractivity contribution in [2.24, 2.45) is 5.92 Å². The fourth-order valence-corrected chi connectivity index (χ4v) is 1.84.